The van der Waals surface area contributed by atoms with Crippen LogP contribution in [0.4, 0.5) is 0 Å². The van der Waals surface area contributed by atoms with Crippen LogP contribution >= 0.6 is 0 Å². The Labute approximate surface area is 136 Å². The minimum atomic E-state index is -0.634. The lowest BCUT2D eigenvalue weighted by Crippen LogP contribution is -2.45. The van der Waals surface area contributed by atoms with Crippen LogP contribution in [0.1, 0.15) is 46.9 Å². The Kier molecular flexibility index (Phi) is 5.21. The molecule has 0 fully saturated rings. The van der Waals surface area contributed by atoms with Gasteiger partial charge in [-0.3, -0.25) is 9.59 Å². The predicted octanol–water partition coefficient (Wildman–Crippen LogP) is 2.89. The predicted molar refractivity (Wildman–Crippen MR) is 88.1 cm³/mol. The van der Waals surface area contributed by atoms with Gasteiger partial charge in [0.05, 0.1) is 17.9 Å². The van der Waals surface area contributed by atoms with Crippen LogP contribution < -0.4 is 10.6 Å². The van der Waals surface area contributed by atoms with Gasteiger partial charge in [-0.15, -0.1) is 0 Å². The van der Waals surface area contributed by atoms with E-state index in [4.69, 9.17) is 4.42 Å². The zero-order chi connectivity index (χ0) is 17.0. The molecule has 2 rings (SSSR count). The zero-order valence-electron chi connectivity index (χ0n) is 13.8. The van der Waals surface area contributed by atoms with Gasteiger partial charge in [-0.25, -0.2) is 0 Å². The van der Waals surface area contributed by atoms with Crippen LogP contribution in [0.3, 0.4) is 0 Å². The number of amides is 2. The second-order valence-electron chi connectivity index (χ2n) is 5.80. The number of carbonyl (C=O) groups is 2. The van der Waals surface area contributed by atoms with Crippen molar-refractivity contribution < 1.29 is 14.0 Å². The summed E-state index contributed by atoms with van der Waals surface area (Å²) in [5.74, 6) is -0.559. The molecular formula is C18H22N2O3. The van der Waals surface area contributed by atoms with Gasteiger partial charge in [0.15, 0.2) is 0 Å². The average Bonchev–Trinajstić information content (AvgIpc) is 3.03. The van der Waals surface area contributed by atoms with E-state index in [9.17, 15) is 9.59 Å². The monoisotopic (exact) mass is 314 g/mol. The van der Waals surface area contributed by atoms with Crippen molar-refractivity contribution in [2.75, 3.05) is 0 Å². The van der Waals surface area contributed by atoms with Crippen molar-refractivity contribution >= 4 is 11.8 Å². The Morgan fingerprint density at radius 2 is 1.83 bits per heavy atom. The van der Waals surface area contributed by atoms with Crippen LogP contribution in [0.15, 0.2) is 41.2 Å². The molecule has 122 valence electrons. The summed E-state index contributed by atoms with van der Waals surface area (Å²) in [6.07, 6.45) is 2.76. The topological polar surface area (TPSA) is 71.3 Å². The van der Waals surface area contributed by atoms with Crippen molar-refractivity contribution in [1.82, 2.24) is 10.6 Å². The Morgan fingerprint density at radius 3 is 2.48 bits per heavy atom. The highest BCUT2D eigenvalue weighted by Crippen LogP contribution is 2.18. The SMILES string of the molecule is Cc1ccc(C)c([C@@H](C)NC(=O)[C@@H](C)NC(=O)c2ccoc2)c1. The van der Waals surface area contributed by atoms with Crippen LogP contribution in [-0.4, -0.2) is 17.9 Å². The maximum absolute atomic E-state index is 12.3. The summed E-state index contributed by atoms with van der Waals surface area (Å²) in [4.78, 5) is 24.2. The molecule has 1 aromatic heterocycles. The molecule has 5 heteroatoms. The number of rotatable bonds is 5. The summed E-state index contributed by atoms with van der Waals surface area (Å²) in [6, 6.07) is 6.94. The van der Waals surface area contributed by atoms with Crippen LogP contribution in [0.5, 0.6) is 0 Å². The molecule has 2 N–H and O–H groups in total. The Bertz CT molecular complexity index is 692. The minimum absolute atomic E-state index is 0.129. The van der Waals surface area contributed by atoms with Crippen LogP contribution in [0.25, 0.3) is 0 Å². The van der Waals surface area contributed by atoms with Gasteiger partial charge in [-0.05, 0) is 44.9 Å². The van der Waals surface area contributed by atoms with E-state index < -0.39 is 6.04 Å². The van der Waals surface area contributed by atoms with E-state index in [-0.39, 0.29) is 17.9 Å². The second-order valence-corrected chi connectivity index (χ2v) is 5.80. The molecule has 1 heterocycles. The first-order valence-electron chi connectivity index (χ1n) is 7.59. The normalized spacial score (nSPS) is 13.2. The van der Waals surface area contributed by atoms with Crippen molar-refractivity contribution in [1.29, 1.82) is 0 Å². The lowest BCUT2D eigenvalue weighted by molar-refractivity contribution is -0.123. The lowest BCUT2D eigenvalue weighted by Gasteiger charge is -2.20. The number of hydrogen-bond acceptors (Lipinski definition) is 3. The maximum atomic E-state index is 12.3. The highest BCUT2D eigenvalue weighted by Gasteiger charge is 2.20. The van der Waals surface area contributed by atoms with Gasteiger partial charge >= 0.3 is 0 Å². The quantitative estimate of drug-likeness (QED) is 0.891. The van der Waals surface area contributed by atoms with Crippen molar-refractivity contribution in [3.63, 3.8) is 0 Å². The van der Waals surface area contributed by atoms with Crippen molar-refractivity contribution in [3.8, 4) is 0 Å². The third-order valence-corrected chi connectivity index (χ3v) is 3.78. The van der Waals surface area contributed by atoms with Crippen LogP contribution in [0, 0.1) is 13.8 Å². The van der Waals surface area contributed by atoms with Gasteiger partial charge < -0.3 is 15.1 Å². The molecule has 2 amide bonds. The molecule has 0 bridgehead atoms. The van der Waals surface area contributed by atoms with Crippen molar-refractivity contribution in [2.45, 2.75) is 39.8 Å². The standard InChI is InChI=1S/C18H22N2O3/c1-11-5-6-12(2)16(9-11)13(3)19-17(21)14(4)20-18(22)15-7-8-23-10-15/h5-10,13-14H,1-4H3,(H,19,21)(H,20,22)/t13-,14-/m1/s1. The van der Waals surface area contributed by atoms with Crippen LogP contribution in [-0.2, 0) is 4.79 Å². The smallest absolute Gasteiger partial charge is 0.255 e. The highest BCUT2D eigenvalue weighted by molar-refractivity contribution is 5.97. The van der Waals surface area contributed by atoms with Gasteiger partial charge in [-0.1, -0.05) is 23.8 Å². The summed E-state index contributed by atoms with van der Waals surface area (Å²) in [5, 5.41) is 5.59. The van der Waals surface area contributed by atoms with E-state index in [1.54, 1.807) is 13.0 Å². The molecule has 5 nitrogen and oxygen atoms in total. The Balaban J connectivity index is 1.97. The van der Waals surface area contributed by atoms with Crippen molar-refractivity contribution in [3.05, 3.63) is 59.0 Å². The summed E-state index contributed by atoms with van der Waals surface area (Å²) < 4.78 is 4.86. The Hall–Kier alpha value is -2.56. The van der Waals surface area contributed by atoms with Gasteiger partial charge in [-0.2, -0.15) is 0 Å². The number of nitrogens with one attached hydrogen (secondary N) is 2. The van der Waals surface area contributed by atoms with E-state index in [0.717, 1.165) is 16.7 Å². The van der Waals surface area contributed by atoms with Gasteiger partial charge in [0, 0.05) is 0 Å². The van der Waals surface area contributed by atoms with E-state index in [1.807, 2.05) is 32.9 Å². The first kappa shape index (κ1) is 16.8. The lowest BCUT2D eigenvalue weighted by atomic mass is 10.00. The number of hydrogen-bond donors (Lipinski definition) is 2. The molecular weight excluding hydrogens is 292 g/mol. The first-order valence-corrected chi connectivity index (χ1v) is 7.59. The van der Waals surface area contributed by atoms with Gasteiger partial charge in [0.1, 0.15) is 12.3 Å². The summed E-state index contributed by atoms with van der Waals surface area (Å²) >= 11 is 0. The largest absolute Gasteiger partial charge is 0.472 e. The van der Waals surface area contributed by atoms with E-state index in [1.165, 1.54) is 12.5 Å². The fraction of sp³-hybridized carbons (Fsp3) is 0.333. The number of benzene rings is 1. The molecule has 0 aliphatic carbocycles. The minimum Gasteiger partial charge on any atom is -0.472 e. The molecule has 23 heavy (non-hydrogen) atoms. The molecule has 0 saturated carbocycles. The summed E-state index contributed by atoms with van der Waals surface area (Å²) in [5.41, 5.74) is 3.74. The second kappa shape index (κ2) is 7.13. The summed E-state index contributed by atoms with van der Waals surface area (Å²) in [6.45, 7) is 7.63. The third kappa shape index (κ3) is 4.22. The molecule has 0 unspecified atom stereocenters. The molecule has 0 aliphatic rings. The fourth-order valence-electron chi connectivity index (χ4n) is 2.38. The molecule has 2 atom stereocenters. The number of carbonyl (C=O) groups excluding carboxylic acids is 2. The van der Waals surface area contributed by atoms with Gasteiger partial charge in [0.2, 0.25) is 5.91 Å². The van der Waals surface area contributed by atoms with E-state index in [2.05, 4.69) is 16.7 Å². The van der Waals surface area contributed by atoms with Gasteiger partial charge in [0.25, 0.3) is 5.91 Å². The fourth-order valence-corrected chi connectivity index (χ4v) is 2.38. The van der Waals surface area contributed by atoms with Crippen LogP contribution in [0.2, 0.25) is 0 Å². The number of aryl methyl sites for hydroxylation is 2. The Morgan fingerprint density at radius 1 is 1.09 bits per heavy atom. The zero-order valence-corrected chi connectivity index (χ0v) is 13.8. The maximum Gasteiger partial charge on any atom is 0.255 e. The van der Waals surface area contributed by atoms with E-state index in [0.29, 0.717) is 5.56 Å². The molecule has 0 radical (unpaired) electrons. The molecule has 0 spiro atoms. The molecule has 2 aromatic rings. The highest BCUT2D eigenvalue weighted by atomic mass is 16.3. The van der Waals surface area contributed by atoms with Crippen molar-refractivity contribution in [2.24, 2.45) is 0 Å². The molecule has 1 aromatic carbocycles. The van der Waals surface area contributed by atoms with E-state index >= 15 is 0 Å². The molecule has 0 saturated heterocycles. The molecule has 0 aliphatic heterocycles. The summed E-state index contributed by atoms with van der Waals surface area (Å²) in [7, 11) is 0. The first-order chi connectivity index (χ1) is 10.9. The third-order valence-electron chi connectivity index (χ3n) is 3.78. The average molecular weight is 314 g/mol. The number of furan rings is 1.